The van der Waals surface area contributed by atoms with E-state index in [1.165, 1.54) is 0 Å². The molecule has 6 unspecified atom stereocenters. The second-order valence-electron chi connectivity index (χ2n) is 5.80. The first-order valence-electron chi connectivity index (χ1n) is 7.46. The van der Waals surface area contributed by atoms with Gasteiger partial charge < -0.3 is 30.6 Å². The molecule has 6 atom stereocenters. The lowest BCUT2D eigenvalue weighted by molar-refractivity contribution is 0.101. The Morgan fingerprint density at radius 3 is 0.500 bits per heavy atom. The molecular formula is C15H36AlO6. The van der Waals surface area contributed by atoms with E-state index in [0.29, 0.717) is 19.3 Å². The Labute approximate surface area is 145 Å². The summed E-state index contributed by atoms with van der Waals surface area (Å²) in [6, 6.07) is 0. The van der Waals surface area contributed by atoms with Gasteiger partial charge in [-0.15, -0.1) is 0 Å². The van der Waals surface area contributed by atoms with Crippen molar-refractivity contribution in [2.45, 2.75) is 97.4 Å². The van der Waals surface area contributed by atoms with Crippen LogP contribution in [0.4, 0.5) is 0 Å². The first-order valence-corrected chi connectivity index (χ1v) is 7.46. The van der Waals surface area contributed by atoms with Gasteiger partial charge in [0, 0.05) is 17.4 Å². The number of hydrogen-bond donors (Lipinski definition) is 6. The van der Waals surface area contributed by atoms with Crippen molar-refractivity contribution in [2.75, 3.05) is 0 Å². The van der Waals surface area contributed by atoms with Crippen molar-refractivity contribution in [1.82, 2.24) is 0 Å². The molecular weight excluding hydrogens is 303 g/mol. The highest BCUT2D eigenvalue weighted by Gasteiger charge is 2.00. The lowest BCUT2D eigenvalue weighted by Gasteiger charge is -2.04. The Balaban J connectivity index is -0.000000108. The van der Waals surface area contributed by atoms with E-state index in [1.807, 2.05) is 0 Å². The zero-order valence-electron chi connectivity index (χ0n) is 14.8. The van der Waals surface area contributed by atoms with Crippen molar-refractivity contribution in [2.24, 2.45) is 0 Å². The third kappa shape index (κ3) is 50.0. The molecule has 0 aromatic heterocycles. The quantitative estimate of drug-likeness (QED) is 0.380. The Morgan fingerprint density at radius 2 is 0.500 bits per heavy atom. The fraction of sp³-hybridized carbons (Fsp3) is 1.00. The molecule has 0 aliphatic rings. The van der Waals surface area contributed by atoms with E-state index in [2.05, 4.69) is 0 Å². The molecule has 0 aromatic rings. The van der Waals surface area contributed by atoms with Gasteiger partial charge in [-0.3, -0.25) is 0 Å². The first kappa shape index (κ1) is 30.2. The average Bonchev–Trinajstić information content (AvgIpc) is 2.10. The average molecular weight is 339 g/mol. The van der Waals surface area contributed by atoms with Crippen molar-refractivity contribution in [1.29, 1.82) is 0 Å². The third-order valence-corrected chi connectivity index (χ3v) is 2.05. The van der Waals surface area contributed by atoms with Gasteiger partial charge in [0.25, 0.3) is 0 Å². The van der Waals surface area contributed by atoms with Crippen LogP contribution in [0.1, 0.15) is 60.8 Å². The van der Waals surface area contributed by atoms with Crippen molar-refractivity contribution in [3.63, 3.8) is 0 Å². The predicted octanol–water partition coefficient (Wildman–Crippen LogP) is 0.0335. The molecule has 135 valence electrons. The highest BCUT2D eigenvalue weighted by atomic mass is 27.0. The second-order valence-corrected chi connectivity index (χ2v) is 5.80. The molecule has 0 aliphatic carbocycles. The monoisotopic (exact) mass is 339 g/mol. The van der Waals surface area contributed by atoms with E-state index in [9.17, 15) is 0 Å². The summed E-state index contributed by atoms with van der Waals surface area (Å²) in [5.74, 6) is 0. The van der Waals surface area contributed by atoms with Crippen LogP contribution in [0.5, 0.6) is 0 Å². The summed E-state index contributed by atoms with van der Waals surface area (Å²) < 4.78 is 0. The van der Waals surface area contributed by atoms with Gasteiger partial charge in [0.2, 0.25) is 0 Å². The summed E-state index contributed by atoms with van der Waals surface area (Å²) in [4.78, 5) is 0. The fourth-order valence-electron chi connectivity index (χ4n) is 1.48. The van der Waals surface area contributed by atoms with E-state index in [-0.39, 0.29) is 54.0 Å². The van der Waals surface area contributed by atoms with Crippen LogP contribution in [-0.2, 0) is 0 Å². The van der Waals surface area contributed by atoms with Crippen LogP contribution < -0.4 is 0 Å². The first-order chi connectivity index (χ1) is 9.38. The van der Waals surface area contributed by atoms with Gasteiger partial charge in [0.1, 0.15) is 0 Å². The number of rotatable bonds is 6. The summed E-state index contributed by atoms with van der Waals surface area (Å²) >= 11 is 0. The zero-order chi connectivity index (χ0) is 17.6. The molecule has 0 rings (SSSR count). The van der Waals surface area contributed by atoms with Crippen LogP contribution in [0.25, 0.3) is 0 Å². The highest BCUT2D eigenvalue weighted by molar-refractivity contribution is 5.75. The molecule has 0 saturated heterocycles. The topological polar surface area (TPSA) is 121 Å². The normalized spacial score (nSPS) is 18.0. The maximum atomic E-state index is 8.56. The van der Waals surface area contributed by atoms with E-state index in [4.69, 9.17) is 30.6 Å². The molecule has 0 spiro atoms. The van der Waals surface area contributed by atoms with E-state index in [1.54, 1.807) is 41.5 Å². The van der Waals surface area contributed by atoms with Crippen LogP contribution in [0.3, 0.4) is 0 Å². The van der Waals surface area contributed by atoms with Crippen LogP contribution in [-0.4, -0.2) is 84.6 Å². The largest absolute Gasteiger partial charge is 0.393 e. The molecule has 7 heteroatoms. The zero-order valence-corrected chi connectivity index (χ0v) is 16.0. The smallest absolute Gasteiger partial charge is 0.0536 e. The number of aliphatic hydroxyl groups excluding tert-OH is 6. The molecule has 0 heterocycles. The maximum absolute atomic E-state index is 8.56. The minimum absolute atomic E-state index is 0. The Hall–Kier alpha value is 0.292. The van der Waals surface area contributed by atoms with E-state index in [0.717, 1.165) is 0 Å². The third-order valence-electron chi connectivity index (χ3n) is 2.05. The van der Waals surface area contributed by atoms with Crippen LogP contribution in [0, 0.1) is 0 Å². The maximum Gasteiger partial charge on any atom is 0.0536 e. The van der Waals surface area contributed by atoms with Crippen molar-refractivity contribution in [3.05, 3.63) is 0 Å². The van der Waals surface area contributed by atoms with Crippen molar-refractivity contribution >= 4 is 17.4 Å². The highest BCUT2D eigenvalue weighted by Crippen LogP contribution is 1.94. The number of aliphatic hydroxyl groups is 6. The molecule has 0 bridgehead atoms. The molecule has 0 amide bonds. The molecule has 0 aliphatic heterocycles. The lowest BCUT2D eigenvalue weighted by atomic mass is 10.2. The van der Waals surface area contributed by atoms with Crippen LogP contribution >= 0.6 is 0 Å². The summed E-state index contributed by atoms with van der Waals surface area (Å²) in [6.07, 6.45) is -0.833. The van der Waals surface area contributed by atoms with Gasteiger partial charge in [0.15, 0.2) is 0 Å². The molecule has 22 heavy (non-hydrogen) atoms. The lowest BCUT2D eigenvalue weighted by Crippen LogP contribution is -2.10. The predicted molar refractivity (Wildman–Crippen MR) is 89.7 cm³/mol. The number of hydrogen-bond acceptors (Lipinski definition) is 6. The SMILES string of the molecule is CC(O)CC(C)O.CC(O)CC(C)O.CC(O)CC(C)O.[Al]. The fourth-order valence-corrected chi connectivity index (χ4v) is 1.48. The molecule has 0 fully saturated rings. The van der Waals surface area contributed by atoms with Crippen LogP contribution in [0.2, 0.25) is 0 Å². The van der Waals surface area contributed by atoms with E-state index >= 15 is 0 Å². The molecule has 0 saturated carbocycles. The Morgan fingerprint density at radius 1 is 0.409 bits per heavy atom. The van der Waals surface area contributed by atoms with Gasteiger partial charge in [-0.05, 0) is 60.8 Å². The molecule has 6 nitrogen and oxygen atoms in total. The minimum Gasteiger partial charge on any atom is -0.393 e. The van der Waals surface area contributed by atoms with Gasteiger partial charge in [-0.25, -0.2) is 0 Å². The minimum atomic E-state index is -0.375. The van der Waals surface area contributed by atoms with Gasteiger partial charge in [-0.1, -0.05) is 0 Å². The van der Waals surface area contributed by atoms with Crippen molar-refractivity contribution < 1.29 is 30.6 Å². The van der Waals surface area contributed by atoms with E-state index < -0.39 is 0 Å². The van der Waals surface area contributed by atoms with Gasteiger partial charge in [-0.2, -0.15) is 0 Å². The Bertz CT molecular complexity index is 145. The molecule has 3 radical (unpaired) electrons. The Kier molecular flexibility index (Phi) is 26.6. The summed E-state index contributed by atoms with van der Waals surface area (Å²) in [6.45, 7) is 9.96. The summed E-state index contributed by atoms with van der Waals surface area (Å²) in [5.41, 5.74) is 0. The summed E-state index contributed by atoms with van der Waals surface area (Å²) in [7, 11) is 0. The van der Waals surface area contributed by atoms with Gasteiger partial charge >= 0.3 is 0 Å². The summed E-state index contributed by atoms with van der Waals surface area (Å²) in [5, 5.41) is 51.4. The molecule has 6 N–H and O–H groups in total. The van der Waals surface area contributed by atoms with Gasteiger partial charge in [0.05, 0.1) is 36.6 Å². The van der Waals surface area contributed by atoms with Crippen LogP contribution in [0.15, 0.2) is 0 Å². The standard InChI is InChI=1S/3C5H12O2.Al/c3*1-4(6)3-5(2)7;/h3*4-7H,3H2,1-2H3;. The second kappa shape index (κ2) is 19.3. The molecule has 0 aromatic carbocycles. The van der Waals surface area contributed by atoms with Crippen molar-refractivity contribution in [3.8, 4) is 0 Å².